The van der Waals surface area contributed by atoms with Gasteiger partial charge in [-0.2, -0.15) is 13.2 Å². The molecular formula is C16H18F3N5O3. The maximum absolute atomic E-state index is 12.9. The predicted molar refractivity (Wildman–Crippen MR) is 82.7 cm³/mol. The molecule has 3 aliphatic rings. The summed E-state index contributed by atoms with van der Waals surface area (Å²) < 4.78 is 39.6. The molecule has 0 N–H and O–H groups in total. The van der Waals surface area contributed by atoms with E-state index in [1.54, 1.807) is 0 Å². The van der Waals surface area contributed by atoms with Crippen molar-refractivity contribution < 1.29 is 27.6 Å². The highest BCUT2D eigenvalue weighted by Crippen LogP contribution is 2.46. The van der Waals surface area contributed by atoms with Crippen LogP contribution in [0.3, 0.4) is 0 Å². The quantitative estimate of drug-likeness (QED) is 0.708. The smallest absolute Gasteiger partial charge is 0.332 e. The van der Waals surface area contributed by atoms with Gasteiger partial charge in [0.1, 0.15) is 6.54 Å². The molecule has 2 fully saturated rings. The van der Waals surface area contributed by atoms with Crippen LogP contribution in [0.25, 0.3) is 0 Å². The second-order valence-corrected chi connectivity index (χ2v) is 7.35. The van der Waals surface area contributed by atoms with E-state index >= 15 is 0 Å². The van der Waals surface area contributed by atoms with E-state index in [0.717, 1.165) is 22.3 Å². The first-order valence-corrected chi connectivity index (χ1v) is 8.83. The molecule has 11 heteroatoms. The van der Waals surface area contributed by atoms with Gasteiger partial charge in [0.15, 0.2) is 5.82 Å². The SMILES string of the molecule is O=C(CN1C(=O)CC2(CCCC2)C1=O)N1CCn2c(nnc2C(F)(F)F)C1. The van der Waals surface area contributed by atoms with Crippen molar-refractivity contribution in [3.8, 4) is 0 Å². The summed E-state index contributed by atoms with van der Waals surface area (Å²) in [5, 5.41) is 6.70. The number of carbonyl (C=O) groups excluding carboxylic acids is 3. The first-order valence-electron chi connectivity index (χ1n) is 8.83. The average Bonchev–Trinajstić information content (AvgIpc) is 3.29. The van der Waals surface area contributed by atoms with E-state index in [1.165, 1.54) is 4.90 Å². The molecule has 2 aliphatic heterocycles. The van der Waals surface area contributed by atoms with E-state index in [0.29, 0.717) is 12.8 Å². The third-order valence-electron chi connectivity index (χ3n) is 5.70. The van der Waals surface area contributed by atoms with Gasteiger partial charge in [0, 0.05) is 19.5 Å². The summed E-state index contributed by atoms with van der Waals surface area (Å²) in [6.07, 6.45) is -1.36. The van der Waals surface area contributed by atoms with Gasteiger partial charge >= 0.3 is 6.18 Å². The van der Waals surface area contributed by atoms with Crippen LogP contribution >= 0.6 is 0 Å². The molecule has 27 heavy (non-hydrogen) atoms. The normalized spacial score (nSPS) is 22.0. The number of alkyl halides is 3. The van der Waals surface area contributed by atoms with Crippen LogP contribution in [0.5, 0.6) is 0 Å². The molecule has 0 aromatic carbocycles. The zero-order valence-corrected chi connectivity index (χ0v) is 14.5. The molecule has 3 heterocycles. The van der Waals surface area contributed by atoms with Crippen LogP contribution in [0.15, 0.2) is 0 Å². The van der Waals surface area contributed by atoms with Gasteiger partial charge in [0.05, 0.1) is 12.0 Å². The van der Waals surface area contributed by atoms with E-state index in [2.05, 4.69) is 10.2 Å². The van der Waals surface area contributed by atoms with Gasteiger partial charge in [0.2, 0.25) is 23.5 Å². The number of likely N-dealkylation sites (tertiary alicyclic amines) is 1. The first-order chi connectivity index (χ1) is 12.7. The Labute approximate surface area is 152 Å². The number of imide groups is 1. The van der Waals surface area contributed by atoms with Crippen molar-refractivity contribution in [3.05, 3.63) is 11.6 Å². The van der Waals surface area contributed by atoms with Gasteiger partial charge in [-0.3, -0.25) is 19.3 Å². The van der Waals surface area contributed by atoms with Crippen molar-refractivity contribution in [2.75, 3.05) is 13.1 Å². The molecule has 0 unspecified atom stereocenters. The van der Waals surface area contributed by atoms with Crippen molar-refractivity contribution in [3.63, 3.8) is 0 Å². The minimum absolute atomic E-state index is 0.0354. The predicted octanol–water partition coefficient (Wildman–Crippen LogP) is 0.958. The van der Waals surface area contributed by atoms with Gasteiger partial charge in [-0.25, -0.2) is 0 Å². The van der Waals surface area contributed by atoms with Crippen molar-refractivity contribution in [2.45, 2.75) is 51.4 Å². The number of hydrogen-bond donors (Lipinski definition) is 0. The Morgan fingerprint density at radius 1 is 1.11 bits per heavy atom. The number of carbonyl (C=O) groups is 3. The highest BCUT2D eigenvalue weighted by molar-refractivity contribution is 6.08. The minimum Gasteiger partial charge on any atom is -0.332 e. The molecule has 0 radical (unpaired) electrons. The summed E-state index contributed by atoms with van der Waals surface area (Å²) in [4.78, 5) is 39.8. The van der Waals surface area contributed by atoms with Crippen molar-refractivity contribution >= 4 is 17.7 Å². The lowest BCUT2D eigenvalue weighted by Gasteiger charge is -2.29. The molecule has 1 saturated heterocycles. The highest BCUT2D eigenvalue weighted by Gasteiger charge is 2.53. The average molecular weight is 385 g/mol. The third-order valence-corrected chi connectivity index (χ3v) is 5.70. The minimum atomic E-state index is -4.61. The number of nitrogens with zero attached hydrogens (tertiary/aromatic N) is 5. The molecule has 0 atom stereocenters. The molecule has 3 amide bonds. The van der Waals surface area contributed by atoms with Gasteiger partial charge < -0.3 is 9.47 Å². The second kappa shape index (κ2) is 6.03. The van der Waals surface area contributed by atoms with E-state index in [1.807, 2.05) is 0 Å². The van der Waals surface area contributed by atoms with Crippen LogP contribution in [0.2, 0.25) is 0 Å². The Balaban J connectivity index is 1.45. The van der Waals surface area contributed by atoms with Crippen LogP contribution in [0, 0.1) is 5.41 Å². The number of fused-ring (bicyclic) bond motifs is 1. The summed E-state index contributed by atoms with van der Waals surface area (Å²) in [6.45, 7) is -0.563. The Bertz CT molecular complexity index is 813. The second-order valence-electron chi connectivity index (χ2n) is 7.35. The molecule has 1 aliphatic carbocycles. The zero-order valence-electron chi connectivity index (χ0n) is 14.5. The van der Waals surface area contributed by atoms with E-state index < -0.39 is 23.3 Å². The van der Waals surface area contributed by atoms with Crippen molar-refractivity contribution in [2.24, 2.45) is 5.41 Å². The van der Waals surface area contributed by atoms with E-state index in [4.69, 9.17) is 0 Å². The van der Waals surface area contributed by atoms with Crippen molar-refractivity contribution in [1.82, 2.24) is 24.6 Å². The molecule has 1 saturated carbocycles. The monoisotopic (exact) mass is 385 g/mol. The Kier molecular flexibility index (Phi) is 4.00. The number of aromatic nitrogens is 3. The fourth-order valence-electron chi connectivity index (χ4n) is 4.28. The van der Waals surface area contributed by atoms with Crippen LogP contribution in [-0.2, 0) is 33.6 Å². The lowest BCUT2D eigenvalue weighted by Crippen LogP contribution is -2.46. The number of amides is 3. The molecular weight excluding hydrogens is 367 g/mol. The fraction of sp³-hybridized carbons (Fsp3) is 0.688. The third kappa shape index (κ3) is 2.88. The zero-order chi connectivity index (χ0) is 19.4. The Hall–Kier alpha value is -2.46. The molecule has 0 bridgehead atoms. The topological polar surface area (TPSA) is 88.4 Å². The molecule has 8 nitrogen and oxygen atoms in total. The summed E-state index contributed by atoms with van der Waals surface area (Å²) >= 11 is 0. The van der Waals surface area contributed by atoms with Gasteiger partial charge in [-0.1, -0.05) is 12.8 Å². The van der Waals surface area contributed by atoms with Crippen LogP contribution in [-0.4, -0.2) is 55.4 Å². The largest absolute Gasteiger partial charge is 0.451 e. The Morgan fingerprint density at radius 3 is 2.48 bits per heavy atom. The lowest BCUT2D eigenvalue weighted by molar-refractivity contribution is -0.150. The van der Waals surface area contributed by atoms with E-state index in [9.17, 15) is 27.6 Å². The first kappa shape index (κ1) is 17.9. The molecule has 4 rings (SSSR count). The molecule has 1 aromatic rings. The maximum Gasteiger partial charge on any atom is 0.451 e. The lowest BCUT2D eigenvalue weighted by atomic mass is 9.84. The molecule has 1 spiro atoms. The van der Waals surface area contributed by atoms with Crippen LogP contribution in [0.4, 0.5) is 13.2 Å². The fourth-order valence-corrected chi connectivity index (χ4v) is 4.28. The van der Waals surface area contributed by atoms with Gasteiger partial charge in [-0.05, 0) is 12.8 Å². The maximum atomic E-state index is 12.9. The summed E-state index contributed by atoms with van der Waals surface area (Å²) in [6, 6.07) is 0. The summed E-state index contributed by atoms with van der Waals surface area (Å²) in [7, 11) is 0. The number of halogens is 3. The highest BCUT2D eigenvalue weighted by atomic mass is 19.4. The molecule has 146 valence electrons. The number of hydrogen-bond acceptors (Lipinski definition) is 5. The van der Waals surface area contributed by atoms with Gasteiger partial charge in [0.25, 0.3) is 0 Å². The van der Waals surface area contributed by atoms with Crippen LogP contribution in [0.1, 0.15) is 43.8 Å². The summed E-state index contributed by atoms with van der Waals surface area (Å²) in [5.41, 5.74) is -0.652. The van der Waals surface area contributed by atoms with Crippen molar-refractivity contribution in [1.29, 1.82) is 0 Å². The number of rotatable bonds is 2. The van der Waals surface area contributed by atoms with Crippen LogP contribution < -0.4 is 0 Å². The van der Waals surface area contributed by atoms with Gasteiger partial charge in [-0.15, -0.1) is 10.2 Å². The Morgan fingerprint density at radius 2 is 1.81 bits per heavy atom. The molecule has 1 aromatic heterocycles. The summed E-state index contributed by atoms with van der Waals surface area (Å²) in [5.74, 6) is -2.17. The van der Waals surface area contributed by atoms with E-state index in [-0.39, 0.29) is 50.2 Å². The standard InChI is InChI=1S/C16H18F3N5O3/c17-16(18,19)13-21-20-10-8-22(5-6-23(10)13)12(26)9-24-11(25)7-15(14(24)27)3-1-2-4-15/h1-9H2.